The number of nitriles is 1. The predicted octanol–water partition coefficient (Wildman–Crippen LogP) is 6.26. The number of hydrogen-bond donors (Lipinski definition) is 0. The Morgan fingerprint density at radius 2 is 1.43 bits per heavy atom. The molecule has 4 heteroatoms. The van der Waals surface area contributed by atoms with Crippen LogP contribution >= 0.6 is 11.8 Å². The molecule has 0 aliphatic carbocycles. The quantitative estimate of drug-likeness (QED) is 0.412. The number of benzene rings is 3. The maximum absolute atomic E-state index is 9.62. The molecule has 0 saturated heterocycles. The summed E-state index contributed by atoms with van der Waals surface area (Å²) in [4.78, 5) is 9.45. The first-order valence-corrected chi connectivity index (χ1v) is 10.1. The summed E-state index contributed by atoms with van der Waals surface area (Å²) in [5.74, 6) is 0. The van der Waals surface area contributed by atoms with Gasteiger partial charge in [0.1, 0.15) is 6.07 Å². The van der Waals surface area contributed by atoms with Crippen molar-refractivity contribution in [3.63, 3.8) is 0 Å². The van der Waals surface area contributed by atoms with Gasteiger partial charge in [-0.15, -0.1) is 0 Å². The number of fused-ring (bicyclic) bond motifs is 2. The van der Waals surface area contributed by atoms with Crippen molar-refractivity contribution in [2.24, 2.45) is 4.99 Å². The molecule has 28 heavy (non-hydrogen) atoms. The lowest BCUT2D eigenvalue weighted by Crippen LogP contribution is -2.19. The monoisotopic (exact) mass is 379 g/mol. The lowest BCUT2D eigenvalue weighted by molar-refractivity contribution is 0.985. The van der Waals surface area contributed by atoms with Crippen LogP contribution in [0, 0.1) is 11.3 Å². The summed E-state index contributed by atoms with van der Waals surface area (Å²) in [7, 11) is 0. The molecule has 0 saturated carbocycles. The number of anilines is 3. The molecule has 0 fully saturated rings. The van der Waals surface area contributed by atoms with Crippen molar-refractivity contribution in [3.8, 4) is 6.07 Å². The van der Waals surface area contributed by atoms with E-state index in [0.29, 0.717) is 5.57 Å². The van der Waals surface area contributed by atoms with Crippen molar-refractivity contribution in [1.29, 1.82) is 5.26 Å². The van der Waals surface area contributed by atoms with E-state index in [0.717, 1.165) is 41.3 Å². The van der Waals surface area contributed by atoms with Crippen molar-refractivity contribution in [2.45, 2.75) is 16.2 Å². The fraction of sp³-hybridized carbons (Fsp3) is 0.0833. The molecule has 0 radical (unpaired) electrons. The second-order valence-corrected chi connectivity index (χ2v) is 7.72. The number of rotatable bonds is 2. The molecule has 0 amide bonds. The number of allylic oxidation sites excluding steroid dienone is 1. The number of nitrogens with zero attached hydrogens (tertiary/aromatic N) is 3. The van der Waals surface area contributed by atoms with Gasteiger partial charge in [-0.25, -0.2) is 0 Å². The number of para-hydroxylation sites is 3. The minimum absolute atomic E-state index is 0.659. The van der Waals surface area contributed by atoms with Crippen LogP contribution in [0.25, 0.3) is 0 Å². The Morgan fingerprint density at radius 3 is 2.11 bits per heavy atom. The van der Waals surface area contributed by atoms with Crippen molar-refractivity contribution < 1.29 is 0 Å². The summed E-state index contributed by atoms with van der Waals surface area (Å²) in [6.07, 6.45) is 2.81. The molecule has 2 aliphatic rings. The van der Waals surface area contributed by atoms with E-state index < -0.39 is 0 Å². The molecule has 0 spiro atoms. The Kier molecular flexibility index (Phi) is 4.23. The van der Waals surface area contributed by atoms with Crippen molar-refractivity contribution in [3.05, 3.63) is 90.0 Å². The third-order valence-electron chi connectivity index (χ3n) is 4.96. The molecule has 3 nitrogen and oxygen atoms in total. The zero-order valence-corrected chi connectivity index (χ0v) is 16.0. The van der Waals surface area contributed by atoms with Crippen molar-refractivity contribution in [2.75, 3.05) is 11.4 Å². The molecule has 0 atom stereocenters. The Labute approximate surface area is 168 Å². The summed E-state index contributed by atoms with van der Waals surface area (Å²) in [6, 6.07) is 27.5. The highest BCUT2D eigenvalue weighted by molar-refractivity contribution is 7.99. The molecule has 2 aliphatic heterocycles. The zero-order valence-electron chi connectivity index (χ0n) is 15.2. The predicted molar refractivity (Wildman–Crippen MR) is 115 cm³/mol. The van der Waals surface area contributed by atoms with Crippen molar-refractivity contribution in [1.82, 2.24) is 0 Å². The largest absolute Gasteiger partial charge is 0.308 e. The molecular formula is C24H17N3S. The average Bonchev–Trinajstić information content (AvgIpc) is 2.77. The minimum atomic E-state index is 0.659. The third-order valence-corrected chi connectivity index (χ3v) is 6.09. The van der Waals surface area contributed by atoms with E-state index in [1.165, 1.54) is 9.79 Å². The van der Waals surface area contributed by atoms with Gasteiger partial charge in [0.15, 0.2) is 0 Å². The molecule has 5 rings (SSSR count). The average molecular weight is 379 g/mol. The smallest absolute Gasteiger partial charge is 0.101 e. The van der Waals surface area contributed by atoms with Gasteiger partial charge in [-0.3, -0.25) is 4.99 Å². The van der Waals surface area contributed by atoms with Crippen LogP contribution in [-0.4, -0.2) is 12.3 Å². The summed E-state index contributed by atoms with van der Waals surface area (Å²) in [5, 5.41) is 9.62. The molecule has 2 heterocycles. The first kappa shape index (κ1) is 16.9. The first-order chi connectivity index (χ1) is 13.9. The van der Waals surface area contributed by atoms with E-state index in [9.17, 15) is 5.26 Å². The second kappa shape index (κ2) is 7.03. The highest BCUT2D eigenvalue weighted by atomic mass is 32.2. The highest BCUT2D eigenvalue weighted by Gasteiger charge is 2.27. The molecule has 3 aromatic rings. The number of aliphatic imine (C=N–C) groups is 1. The number of dihydropyridines is 1. The summed E-state index contributed by atoms with van der Waals surface area (Å²) >= 11 is 1.79. The lowest BCUT2D eigenvalue weighted by atomic mass is 9.97. The summed E-state index contributed by atoms with van der Waals surface area (Å²) in [5.41, 5.74) is 5.79. The van der Waals surface area contributed by atoms with Gasteiger partial charge in [0.2, 0.25) is 0 Å². The fourth-order valence-electron chi connectivity index (χ4n) is 3.73. The van der Waals surface area contributed by atoms with Gasteiger partial charge in [-0.1, -0.05) is 60.3 Å². The second-order valence-electron chi connectivity index (χ2n) is 6.64. The van der Waals surface area contributed by atoms with Crippen LogP contribution in [0.1, 0.15) is 12.0 Å². The van der Waals surface area contributed by atoms with Gasteiger partial charge in [0.05, 0.1) is 28.3 Å². The summed E-state index contributed by atoms with van der Waals surface area (Å²) in [6.45, 7) is 0.720. The van der Waals surface area contributed by atoms with E-state index in [-0.39, 0.29) is 0 Å². The van der Waals surface area contributed by atoms with Crippen LogP contribution in [-0.2, 0) is 0 Å². The molecule has 134 valence electrons. The molecule has 0 unspecified atom stereocenters. The van der Waals surface area contributed by atoms with Crippen LogP contribution in [0.15, 0.2) is 99.2 Å². The Hall–Kier alpha value is -3.29. The zero-order chi connectivity index (χ0) is 18.9. The normalized spacial score (nSPS) is 15.0. The maximum atomic E-state index is 9.62. The molecule has 0 bridgehead atoms. The molecular weight excluding hydrogens is 362 g/mol. The van der Waals surface area contributed by atoms with Gasteiger partial charge in [-0.05, 0) is 36.8 Å². The van der Waals surface area contributed by atoms with Gasteiger partial charge >= 0.3 is 0 Å². The van der Waals surface area contributed by atoms with E-state index >= 15 is 0 Å². The standard InChI is InChI=1S/C24H17N3S/c25-16-17-8-7-15-26-24(17)18-9-1-2-10-19(18)27-20-11-3-5-13-22(20)28-23-14-6-4-12-21(23)27/h1-6,8-14H,7,15H2. The maximum Gasteiger partial charge on any atom is 0.101 e. The van der Waals surface area contributed by atoms with E-state index in [4.69, 9.17) is 4.99 Å². The third kappa shape index (κ3) is 2.72. The fourth-order valence-corrected chi connectivity index (χ4v) is 4.79. The van der Waals surface area contributed by atoms with Crippen LogP contribution in [0.2, 0.25) is 0 Å². The van der Waals surface area contributed by atoms with Crippen LogP contribution in [0.3, 0.4) is 0 Å². The number of hydrogen-bond acceptors (Lipinski definition) is 4. The Bertz CT molecular complexity index is 1120. The first-order valence-electron chi connectivity index (χ1n) is 9.27. The summed E-state index contributed by atoms with van der Waals surface area (Å²) < 4.78 is 0. The Balaban J connectivity index is 1.75. The SMILES string of the molecule is N#CC1=CCCN=C1c1ccccc1N1c2ccccc2Sc2ccccc21. The van der Waals surface area contributed by atoms with Crippen LogP contribution in [0.5, 0.6) is 0 Å². The van der Waals surface area contributed by atoms with Crippen LogP contribution in [0.4, 0.5) is 17.1 Å². The van der Waals surface area contributed by atoms with E-state index in [1.54, 1.807) is 11.8 Å². The van der Waals surface area contributed by atoms with Gasteiger partial charge in [-0.2, -0.15) is 5.26 Å². The topological polar surface area (TPSA) is 39.4 Å². The molecule has 3 aromatic carbocycles. The van der Waals surface area contributed by atoms with Gasteiger partial charge in [0.25, 0.3) is 0 Å². The van der Waals surface area contributed by atoms with Gasteiger partial charge < -0.3 is 4.90 Å². The minimum Gasteiger partial charge on any atom is -0.308 e. The molecule has 0 N–H and O–H groups in total. The lowest BCUT2D eigenvalue weighted by Gasteiger charge is -2.34. The highest BCUT2D eigenvalue weighted by Crippen LogP contribution is 2.51. The van der Waals surface area contributed by atoms with Crippen molar-refractivity contribution >= 4 is 34.5 Å². The van der Waals surface area contributed by atoms with Crippen LogP contribution < -0.4 is 4.90 Å². The Morgan fingerprint density at radius 1 is 0.821 bits per heavy atom. The van der Waals surface area contributed by atoms with Gasteiger partial charge in [0, 0.05) is 21.9 Å². The van der Waals surface area contributed by atoms with E-state index in [2.05, 4.69) is 71.6 Å². The van der Waals surface area contributed by atoms with E-state index in [1.807, 2.05) is 18.2 Å². The molecule has 0 aromatic heterocycles.